The summed E-state index contributed by atoms with van der Waals surface area (Å²) >= 11 is 0. The van der Waals surface area contributed by atoms with Crippen molar-refractivity contribution in [2.24, 2.45) is 5.41 Å². The van der Waals surface area contributed by atoms with Gasteiger partial charge in [0.05, 0.1) is 0 Å². The summed E-state index contributed by atoms with van der Waals surface area (Å²) in [6.07, 6.45) is 5.41. The van der Waals surface area contributed by atoms with Gasteiger partial charge in [-0.25, -0.2) is 0 Å². The molecule has 0 radical (unpaired) electrons. The fourth-order valence-corrected chi connectivity index (χ4v) is 2.72. The van der Waals surface area contributed by atoms with Crippen LogP contribution in [0, 0.1) is 5.41 Å². The van der Waals surface area contributed by atoms with E-state index >= 15 is 0 Å². The lowest BCUT2D eigenvalue weighted by molar-refractivity contribution is 0.0709. The van der Waals surface area contributed by atoms with E-state index in [-0.39, 0.29) is 0 Å². The highest BCUT2D eigenvalue weighted by atomic mass is 15.2. The van der Waals surface area contributed by atoms with Crippen LogP contribution in [-0.2, 0) is 0 Å². The van der Waals surface area contributed by atoms with Crippen molar-refractivity contribution in [2.45, 2.75) is 71.5 Å². The standard InChI is InChI=1S/C14H30N2/c1-11(14(2,3)4)16(6)13-9-7-8-12(10-13)15-5/h11-13,15H,7-10H2,1-6H3. The maximum atomic E-state index is 3.44. The van der Waals surface area contributed by atoms with Gasteiger partial charge < -0.3 is 10.2 Å². The summed E-state index contributed by atoms with van der Waals surface area (Å²) in [7, 11) is 4.40. The number of rotatable bonds is 3. The Hall–Kier alpha value is -0.0800. The molecule has 2 nitrogen and oxygen atoms in total. The SMILES string of the molecule is CNC1CCCC(N(C)C(C)C(C)(C)C)C1. The van der Waals surface area contributed by atoms with Crippen LogP contribution < -0.4 is 5.32 Å². The minimum atomic E-state index is 0.376. The maximum Gasteiger partial charge on any atom is 0.0115 e. The van der Waals surface area contributed by atoms with Gasteiger partial charge in [0.2, 0.25) is 0 Å². The first-order valence-electron chi connectivity index (χ1n) is 6.75. The van der Waals surface area contributed by atoms with E-state index in [0.29, 0.717) is 11.5 Å². The fraction of sp³-hybridized carbons (Fsp3) is 1.00. The van der Waals surface area contributed by atoms with Crippen molar-refractivity contribution < 1.29 is 0 Å². The average molecular weight is 226 g/mol. The quantitative estimate of drug-likeness (QED) is 0.796. The van der Waals surface area contributed by atoms with Crippen molar-refractivity contribution in [3.05, 3.63) is 0 Å². The largest absolute Gasteiger partial charge is 0.317 e. The molecule has 1 aliphatic rings. The zero-order valence-corrected chi connectivity index (χ0v) is 12.0. The third-order valence-electron chi connectivity index (χ3n) is 4.49. The molecule has 0 spiro atoms. The molecule has 0 aromatic heterocycles. The van der Waals surface area contributed by atoms with Gasteiger partial charge in [-0.1, -0.05) is 27.2 Å². The molecule has 1 N–H and O–H groups in total. The Kier molecular flexibility index (Phi) is 4.81. The number of nitrogens with one attached hydrogen (secondary N) is 1. The molecule has 0 heterocycles. The highest BCUT2D eigenvalue weighted by Gasteiger charge is 2.31. The zero-order chi connectivity index (χ0) is 12.3. The second-order valence-corrected chi connectivity index (χ2v) is 6.51. The van der Waals surface area contributed by atoms with E-state index in [2.05, 4.69) is 52.0 Å². The molecule has 0 aromatic rings. The Balaban J connectivity index is 2.56. The number of hydrogen-bond acceptors (Lipinski definition) is 2. The van der Waals surface area contributed by atoms with Gasteiger partial charge >= 0.3 is 0 Å². The van der Waals surface area contributed by atoms with E-state index in [0.717, 1.165) is 12.1 Å². The van der Waals surface area contributed by atoms with Gasteiger partial charge in [-0.3, -0.25) is 0 Å². The average Bonchev–Trinajstić information content (AvgIpc) is 2.26. The smallest absolute Gasteiger partial charge is 0.0115 e. The molecular formula is C14H30N2. The molecule has 0 amide bonds. The Morgan fingerprint density at radius 1 is 1.25 bits per heavy atom. The van der Waals surface area contributed by atoms with Crippen molar-refractivity contribution in [2.75, 3.05) is 14.1 Å². The van der Waals surface area contributed by atoms with Crippen LogP contribution in [0.3, 0.4) is 0 Å². The van der Waals surface area contributed by atoms with E-state index in [1.54, 1.807) is 0 Å². The molecule has 0 bridgehead atoms. The molecule has 96 valence electrons. The van der Waals surface area contributed by atoms with E-state index in [4.69, 9.17) is 0 Å². The highest BCUT2D eigenvalue weighted by Crippen LogP contribution is 2.29. The first-order chi connectivity index (χ1) is 7.36. The Morgan fingerprint density at radius 3 is 2.38 bits per heavy atom. The van der Waals surface area contributed by atoms with Gasteiger partial charge in [-0.05, 0) is 45.7 Å². The van der Waals surface area contributed by atoms with Crippen LogP contribution in [0.1, 0.15) is 53.4 Å². The van der Waals surface area contributed by atoms with Gasteiger partial charge in [-0.2, -0.15) is 0 Å². The second-order valence-electron chi connectivity index (χ2n) is 6.51. The highest BCUT2D eigenvalue weighted by molar-refractivity contribution is 4.87. The lowest BCUT2D eigenvalue weighted by atomic mass is 9.83. The van der Waals surface area contributed by atoms with Crippen molar-refractivity contribution in [1.82, 2.24) is 10.2 Å². The topological polar surface area (TPSA) is 15.3 Å². The van der Waals surface area contributed by atoms with Crippen molar-refractivity contribution in [3.63, 3.8) is 0 Å². The maximum absolute atomic E-state index is 3.44. The molecule has 2 heteroatoms. The zero-order valence-electron chi connectivity index (χ0n) is 12.0. The van der Waals surface area contributed by atoms with Crippen LogP contribution in [0.5, 0.6) is 0 Å². The van der Waals surface area contributed by atoms with Gasteiger partial charge in [0.25, 0.3) is 0 Å². The van der Waals surface area contributed by atoms with Crippen LogP contribution in [0.2, 0.25) is 0 Å². The molecule has 3 unspecified atom stereocenters. The molecule has 3 atom stereocenters. The van der Waals surface area contributed by atoms with E-state index in [9.17, 15) is 0 Å². The summed E-state index contributed by atoms with van der Waals surface area (Å²) in [6.45, 7) is 9.38. The third-order valence-corrected chi connectivity index (χ3v) is 4.49. The van der Waals surface area contributed by atoms with E-state index in [1.165, 1.54) is 25.7 Å². The van der Waals surface area contributed by atoms with Crippen molar-refractivity contribution >= 4 is 0 Å². The molecular weight excluding hydrogens is 196 g/mol. The monoisotopic (exact) mass is 226 g/mol. The summed E-state index contributed by atoms with van der Waals surface area (Å²) in [5.41, 5.74) is 0.376. The molecule has 0 aromatic carbocycles. The molecule has 1 aliphatic carbocycles. The van der Waals surface area contributed by atoms with E-state index < -0.39 is 0 Å². The predicted molar refractivity (Wildman–Crippen MR) is 71.8 cm³/mol. The second kappa shape index (κ2) is 5.50. The summed E-state index contributed by atoms with van der Waals surface area (Å²) < 4.78 is 0. The van der Waals surface area contributed by atoms with Crippen LogP contribution in [0.25, 0.3) is 0 Å². The Bertz CT molecular complexity index is 207. The first-order valence-corrected chi connectivity index (χ1v) is 6.75. The molecule has 1 fully saturated rings. The van der Waals surface area contributed by atoms with Crippen molar-refractivity contribution in [1.29, 1.82) is 0 Å². The molecule has 16 heavy (non-hydrogen) atoms. The Labute approximate surface area is 102 Å². The molecule has 1 rings (SSSR count). The molecule has 0 saturated heterocycles. The summed E-state index contributed by atoms with van der Waals surface area (Å²) in [6, 6.07) is 2.14. The fourth-order valence-electron chi connectivity index (χ4n) is 2.72. The van der Waals surface area contributed by atoms with Gasteiger partial charge in [-0.15, -0.1) is 0 Å². The summed E-state index contributed by atoms with van der Waals surface area (Å²) in [5, 5.41) is 3.44. The lowest BCUT2D eigenvalue weighted by Gasteiger charge is -2.43. The normalized spacial score (nSPS) is 29.4. The molecule has 1 saturated carbocycles. The predicted octanol–water partition coefficient (Wildman–Crippen LogP) is 2.88. The number of hydrogen-bond donors (Lipinski definition) is 1. The summed E-state index contributed by atoms with van der Waals surface area (Å²) in [5.74, 6) is 0. The number of nitrogens with zero attached hydrogens (tertiary/aromatic N) is 1. The lowest BCUT2D eigenvalue weighted by Crippen LogP contribution is -2.49. The molecule has 0 aliphatic heterocycles. The van der Waals surface area contributed by atoms with Gasteiger partial charge in [0.1, 0.15) is 0 Å². The van der Waals surface area contributed by atoms with Crippen molar-refractivity contribution in [3.8, 4) is 0 Å². The summed E-state index contributed by atoms with van der Waals surface area (Å²) in [4.78, 5) is 2.60. The Morgan fingerprint density at radius 2 is 1.88 bits per heavy atom. The van der Waals surface area contributed by atoms with Gasteiger partial charge in [0.15, 0.2) is 0 Å². The first kappa shape index (κ1) is 14.0. The van der Waals surface area contributed by atoms with Crippen LogP contribution in [0.15, 0.2) is 0 Å². The van der Waals surface area contributed by atoms with Gasteiger partial charge in [0, 0.05) is 18.1 Å². The third kappa shape index (κ3) is 3.46. The van der Waals surface area contributed by atoms with Crippen LogP contribution >= 0.6 is 0 Å². The van der Waals surface area contributed by atoms with Crippen LogP contribution in [-0.4, -0.2) is 37.1 Å². The minimum absolute atomic E-state index is 0.376. The minimum Gasteiger partial charge on any atom is -0.317 e. The van der Waals surface area contributed by atoms with Crippen LogP contribution in [0.4, 0.5) is 0 Å². The van der Waals surface area contributed by atoms with E-state index in [1.807, 2.05) is 0 Å².